The first-order valence-corrected chi connectivity index (χ1v) is 7.63. The number of hydrogen-bond donors (Lipinski definition) is 1. The molecule has 2 nitrogen and oxygen atoms in total. The van der Waals surface area contributed by atoms with E-state index in [4.69, 9.17) is 0 Å². The Morgan fingerprint density at radius 1 is 1.00 bits per heavy atom. The van der Waals surface area contributed by atoms with E-state index >= 15 is 0 Å². The lowest BCUT2D eigenvalue weighted by Gasteiger charge is -2.21. The number of nitrogens with one attached hydrogen (secondary N) is 1. The lowest BCUT2D eigenvalue weighted by molar-refractivity contribution is 0.913. The van der Waals surface area contributed by atoms with Gasteiger partial charge in [0.05, 0.1) is 0 Å². The summed E-state index contributed by atoms with van der Waals surface area (Å²) in [6, 6.07) is 14.9. The van der Waals surface area contributed by atoms with E-state index in [1.807, 2.05) is 0 Å². The zero-order chi connectivity index (χ0) is 14.5. The summed E-state index contributed by atoms with van der Waals surface area (Å²) in [6.07, 6.45) is 0. The smallest absolute Gasteiger partial charge is 0.0369 e. The third kappa shape index (κ3) is 4.27. The van der Waals surface area contributed by atoms with Crippen LogP contribution in [0.5, 0.6) is 0 Å². The van der Waals surface area contributed by atoms with Crippen molar-refractivity contribution >= 4 is 27.3 Å². The number of halogens is 1. The van der Waals surface area contributed by atoms with Gasteiger partial charge in [-0.15, -0.1) is 0 Å². The van der Waals surface area contributed by atoms with Crippen LogP contribution in [0.4, 0.5) is 11.4 Å². The molecule has 0 spiro atoms. The van der Waals surface area contributed by atoms with Gasteiger partial charge in [-0.1, -0.05) is 22.0 Å². The van der Waals surface area contributed by atoms with Gasteiger partial charge in [0.25, 0.3) is 0 Å². The molecule has 0 amide bonds. The van der Waals surface area contributed by atoms with Crippen LogP contribution in [-0.4, -0.2) is 20.1 Å². The van der Waals surface area contributed by atoms with Gasteiger partial charge < -0.3 is 10.2 Å². The summed E-state index contributed by atoms with van der Waals surface area (Å²) < 4.78 is 1.11. The van der Waals surface area contributed by atoms with Crippen LogP contribution >= 0.6 is 15.9 Å². The fourth-order valence-electron chi connectivity index (χ4n) is 2.24. The molecule has 0 heterocycles. The lowest BCUT2D eigenvalue weighted by atomic mass is 10.1. The van der Waals surface area contributed by atoms with E-state index in [9.17, 15) is 0 Å². The molecule has 0 saturated carbocycles. The minimum absolute atomic E-state index is 0.922. The Balaban J connectivity index is 1.88. The van der Waals surface area contributed by atoms with Crippen LogP contribution in [-0.2, 0) is 0 Å². The molecule has 3 heteroatoms. The minimum Gasteiger partial charge on any atom is -0.383 e. The monoisotopic (exact) mass is 332 g/mol. The van der Waals surface area contributed by atoms with Crippen LogP contribution in [0.25, 0.3) is 0 Å². The van der Waals surface area contributed by atoms with E-state index in [1.54, 1.807) is 0 Å². The zero-order valence-corrected chi connectivity index (χ0v) is 13.9. The van der Waals surface area contributed by atoms with Crippen LogP contribution in [0.1, 0.15) is 11.1 Å². The average Bonchev–Trinajstić information content (AvgIpc) is 2.40. The number of nitrogens with zero attached hydrogens (tertiary/aromatic N) is 1. The summed E-state index contributed by atoms with van der Waals surface area (Å²) in [7, 11) is 2.14. The predicted molar refractivity (Wildman–Crippen MR) is 91.8 cm³/mol. The second-order valence-electron chi connectivity index (χ2n) is 5.20. The number of likely N-dealkylation sites (N-methyl/N-ethyl adjacent to an activating group) is 1. The summed E-state index contributed by atoms with van der Waals surface area (Å²) in [5, 5.41) is 3.44. The molecule has 0 saturated heterocycles. The van der Waals surface area contributed by atoms with Gasteiger partial charge in [-0.3, -0.25) is 0 Å². The average molecular weight is 333 g/mol. The maximum atomic E-state index is 3.44. The molecule has 0 atom stereocenters. The van der Waals surface area contributed by atoms with Crippen molar-refractivity contribution in [1.82, 2.24) is 0 Å². The molecule has 0 aliphatic heterocycles. The third-order valence-corrected chi connectivity index (χ3v) is 3.80. The second kappa shape index (κ2) is 6.80. The summed E-state index contributed by atoms with van der Waals surface area (Å²) in [5.41, 5.74) is 5.06. The number of aryl methyl sites for hydroxylation is 2. The van der Waals surface area contributed by atoms with Crippen LogP contribution in [0.3, 0.4) is 0 Å². The maximum Gasteiger partial charge on any atom is 0.0369 e. The molecule has 2 rings (SSSR count). The predicted octanol–water partition coefficient (Wildman–Crippen LogP) is 4.61. The molecule has 0 aliphatic carbocycles. The first kappa shape index (κ1) is 14.9. The Kier molecular flexibility index (Phi) is 5.07. The molecule has 0 fully saturated rings. The van der Waals surface area contributed by atoms with Crippen molar-refractivity contribution in [2.45, 2.75) is 13.8 Å². The maximum absolute atomic E-state index is 3.44. The van der Waals surface area contributed by atoms with Crippen LogP contribution < -0.4 is 10.2 Å². The lowest BCUT2D eigenvalue weighted by Crippen LogP contribution is -2.24. The molecule has 2 aromatic rings. The highest BCUT2D eigenvalue weighted by atomic mass is 79.9. The third-order valence-electron chi connectivity index (χ3n) is 3.27. The van der Waals surface area contributed by atoms with Crippen molar-refractivity contribution in [2.75, 3.05) is 30.4 Å². The number of hydrogen-bond acceptors (Lipinski definition) is 2. The van der Waals surface area contributed by atoms with Crippen molar-refractivity contribution in [3.63, 3.8) is 0 Å². The first-order chi connectivity index (χ1) is 9.54. The summed E-state index contributed by atoms with van der Waals surface area (Å²) in [6.45, 7) is 6.18. The molecular formula is C17H21BrN2. The normalized spacial score (nSPS) is 10.4. The highest BCUT2D eigenvalue weighted by molar-refractivity contribution is 9.10. The Morgan fingerprint density at radius 2 is 1.60 bits per heavy atom. The molecular weight excluding hydrogens is 312 g/mol. The van der Waals surface area contributed by atoms with E-state index in [2.05, 4.69) is 89.5 Å². The fourth-order valence-corrected chi connectivity index (χ4v) is 2.50. The summed E-state index contributed by atoms with van der Waals surface area (Å²) in [4.78, 5) is 2.28. The van der Waals surface area contributed by atoms with E-state index in [1.165, 1.54) is 16.8 Å². The molecule has 0 aromatic heterocycles. The van der Waals surface area contributed by atoms with Gasteiger partial charge in [-0.2, -0.15) is 0 Å². The van der Waals surface area contributed by atoms with Crippen molar-refractivity contribution < 1.29 is 0 Å². The first-order valence-electron chi connectivity index (χ1n) is 6.83. The molecule has 0 aliphatic rings. The van der Waals surface area contributed by atoms with Crippen molar-refractivity contribution in [3.8, 4) is 0 Å². The Labute approximate surface area is 129 Å². The van der Waals surface area contributed by atoms with E-state index in [-0.39, 0.29) is 0 Å². The quantitative estimate of drug-likeness (QED) is 0.859. The number of anilines is 2. The van der Waals surface area contributed by atoms with Gasteiger partial charge in [-0.05, 0) is 61.4 Å². The Bertz CT molecular complexity index is 543. The van der Waals surface area contributed by atoms with Crippen molar-refractivity contribution in [2.24, 2.45) is 0 Å². The van der Waals surface area contributed by atoms with Gasteiger partial charge >= 0.3 is 0 Å². The van der Waals surface area contributed by atoms with E-state index in [0.717, 1.165) is 23.2 Å². The minimum atomic E-state index is 0.922. The molecule has 20 heavy (non-hydrogen) atoms. The van der Waals surface area contributed by atoms with Crippen molar-refractivity contribution in [1.29, 1.82) is 0 Å². The molecule has 1 N–H and O–H groups in total. The van der Waals surface area contributed by atoms with Gasteiger partial charge in [0.1, 0.15) is 0 Å². The Morgan fingerprint density at radius 3 is 2.20 bits per heavy atom. The zero-order valence-electron chi connectivity index (χ0n) is 12.3. The van der Waals surface area contributed by atoms with Crippen LogP contribution in [0, 0.1) is 13.8 Å². The van der Waals surface area contributed by atoms with Crippen molar-refractivity contribution in [3.05, 3.63) is 58.1 Å². The van der Waals surface area contributed by atoms with Gasteiger partial charge in [0.2, 0.25) is 0 Å². The SMILES string of the molecule is Cc1cc(C)cc(N(C)CCNc2ccc(Br)cc2)c1. The largest absolute Gasteiger partial charge is 0.383 e. The fraction of sp³-hybridized carbons (Fsp3) is 0.294. The number of rotatable bonds is 5. The Hall–Kier alpha value is -1.48. The van der Waals surface area contributed by atoms with E-state index < -0.39 is 0 Å². The molecule has 0 unspecified atom stereocenters. The van der Waals surface area contributed by atoms with Gasteiger partial charge in [0, 0.05) is 36.0 Å². The molecule has 106 valence electrons. The molecule has 0 radical (unpaired) electrons. The standard InChI is InChI=1S/C17H21BrN2/c1-13-10-14(2)12-17(11-13)20(3)9-8-19-16-6-4-15(18)5-7-16/h4-7,10-12,19H,8-9H2,1-3H3. The highest BCUT2D eigenvalue weighted by Gasteiger charge is 2.02. The summed E-state index contributed by atoms with van der Waals surface area (Å²) in [5.74, 6) is 0. The number of benzene rings is 2. The van der Waals surface area contributed by atoms with Crippen LogP contribution in [0.2, 0.25) is 0 Å². The second-order valence-corrected chi connectivity index (χ2v) is 6.12. The van der Waals surface area contributed by atoms with Gasteiger partial charge in [-0.25, -0.2) is 0 Å². The summed E-state index contributed by atoms with van der Waals surface area (Å²) >= 11 is 3.44. The molecule has 2 aromatic carbocycles. The van der Waals surface area contributed by atoms with E-state index in [0.29, 0.717) is 0 Å². The molecule has 0 bridgehead atoms. The van der Waals surface area contributed by atoms with Gasteiger partial charge in [0.15, 0.2) is 0 Å². The highest BCUT2D eigenvalue weighted by Crippen LogP contribution is 2.17. The topological polar surface area (TPSA) is 15.3 Å². The van der Waals surface area contributed by atoms with Crippen LogP contribution in [0.15, 0.2) is 46.9 Å².